The zero-order chi connectivity index (χ0) is 24.1. The molecule has 4 rings (SSSR count). The van der Waals surface area contributed by atoms with Gasteiger partial charge in [-0.1, -0.05) is 67.9 Å². The highest BCUT2D eigenvalue weighted by Gasteiger charge is 2.37. The van der Waals surface area contributed by atoms with E-state index in [0.29, 0.717) is 38.0 Å². The number of unbranched alkanes of at least 4 members (excludes halogenated alkanes) is 1. The first-order valence-electron chi connectivity index (χ1n) is 12.1. The normalized spacial score (nSPS) is 19.2. The highest BCUT2D eigenvalue weighted by atomic mass is 32.2. The molecular formula is C27H33N3O3S. The lowest BCUT2D eigenvalue weighted by Gasteiger charge is -2.41. The van der Waals surface area contributed by atoms with E-state index in [4.69, 9.17) is 0 Å². The quantitative estimate of drug-likeness (QED) is 0.463. The van der Waals surface area contributed by atoms with Crippen molar-refractivity contribution in [1.29, 1.82) is 0 Å². The number of aromatic nitrogens is 1. The van der Waals surface area contributed by atoms with E-state index >= 15 is 0 Å². The second-order valence-corrected chi connectivity index (χ2v) is 11.2. The maximum atomic E-state index is 13.8. The molecule has 1 fully saturated rings. The number of piperidine rings is 1. The average Bonchev–Trinajstić information content (AvgIpc) is 2.85. The van der Waals surface area contributed by atoms with Crippen LogP contribution in [0.5, 0.6) is 0 Å². The fourth-order valence-electron chi connectivity index (χ4n) is 4.76. The van der Waals surface area contributed by atoms with Gasteiger partial charge in [0.1, 0.15) is 5.69 Å². The first-order chi connectivity index (χ1) is 16.4. The van der Waals surface area contributed by atoms with Crippen molar-refractivity contribution in [1.82, 2.24) is 14.2 Å². The number of hydrogen-bond acceptors (Lipinski definition) is 4. The average molecular weight is 480 g/mol. The number of carbonyl (C=O) groups excluding carboxylic acids is 1. The molecule has 2 heterocycles. The summed E-state index contributed by atoms with van der Waals surface area (Å²) in [6.45, 7) is 4.85. The van der Waals surface area contributed by atoms with Crippen LogP contribution < -0.4 is 0 Å². The van der Waals surface area contributed by atoms with Gasteiger partial charge in [-0.25, -0.2) is 8.42 Å². The molecule has 0 N–H and O–H groups in total. The number of hydrogen-bond donors (Lipinski definition) is 0. The van der Waals surface area contributed by atoms with Crippen LogP contribution in [-0.4, -0.2) is 52.9 Å². The number of sulfonamides is 1. The molecule has 1 aliphatic heterocycles. The molecule has 0 aliphatic carbocycles. The van der Waals surface area contributed by atoms with E-state index in [1.54, 1.807) is 10.5 Å². The monoisotopic (exact) mass is 479 g/mol. The lowest BCUT2D eigenvalue weighted by atomic mass is 9.97. The summed E-state index contributed by atoms with van der Waals surface area (Å²) in [6, 6.07) is 19.4. The lowest BCUT2D eigenvalue weighted by molar-refractivity contribution is 0.0550. The van der Waals surface area contributed by atoms with Crippen molar-refractivity contribution >= 4 is 26.7 Å². The molecule has 3 aromatic rings. The Balaban J connectivity index is 1.59. The predicted molar refractivity (Wildman–Crippen MR) is 136 cm³/mol. The smallest absolute Gasteiger partial charge is 0.273 e. The summed E-state index contributed by atoms with van der Waals surface area (Å²) in [6.07, 6.45) is 4.48. The van der Waals surface area contributed by atoms with E-state index < -0.39 is 10.0 Å². The summed E-state index contributed by atoms with van der Waals surface area (Å²) in [5.41, 5.74) is 1.46. The first-order valence-corrected chi connectivity index (χ1v) is 13.7. The van der Waals surface area contributed by atoms with Gasteiger partial charge in [-0.15, -0.1) is 0 Å². The fraction of sp³-hybridized carbons (Fsp3) is 0.407. The summed E-state index contributed by atoms with van der Waals surface area (Å²) >= 11 is 0. The third-order valence-corrected chi connectivity index (χ3v) is 8.71. The molecule has 1 saturated heterocycles. The minimum absolute atomic E-state index is 0.0615. The highest BCUT2D eigenvalue weighted by molar-refractivity contribution is 7.89. The van der Waals surface area contributed by atoms with E-state index in [1.807, 2.05) is 79.4 Å². The van der Waals surface area contributed by atoms with E-state index in [1.165, 1.54) is 0 Å². The van der Waals surface area contributed by atoms with Gasteiger partial charge in [0.2, 0.25) is 10.0 Å². The Morgan fingerprint density at radius 1 is 1.09 bits per heavy atom. The number of amides is 1. The van der Waals surface area contributed by atoms with Gasteiger partial charge < -0.3 is 4.90 Å². The van der Waals surface area contributed by atoms with Crippen LogP contribution in [0.1, 0.15) is 55.6 Å². The number of nitrogens with zero attached hydrogens (tertiary/aromatic N) is 3. The Kier molecular flexibility index (Phi) is 7.63. The van der Waals surface area contributed by atoms with Crippen molar-refractivity contribution in [2.45, 2.75) is 58.2 Å². The van der Waals surface area contributed by atoms with E-state index in [-0.39, 0.29) is 23.7 Å². The Hall–Kier alpha value is -2.77. The predicted octanol–water partition coefficient (Wildman–Crippen LogP) is 4.86. The number of carbonyl (C=O) groups is 1. The van der Waals surface area contributed by atoms with E-state index in [0.717, 1.165) is 22.8 Å². The summed E-state index contributed by atoms with van der Waals surface area (Å²) in [5, 5.41) is 1.97. The molecule has 0 saturated carbocycles. The molecular weight excluding hydrogens is 446 g/mol. The summed E-state index contributed by atoms with van der Waals surface area (Å²) in [7, 11) is -3.28. The van der Waals surface area contributed by atoms with Crippen LogP contribution in [0.25, 0.3) is 10.8 Å². The minimum Gasteiger partial charge on any atom is -0.330 e. The molecule has 34 heavy (non-hydrogen) atoms. The number of fused-ring (bicyclic) bond motifs is 1. The van der Waals surface area contributed by atoms with Crippen LogP contribution >= 0.6 is 0 Å². The maximum Gasteiger partial charge on any atom is 0.273 e. The zero-order valence-electron chi connectivity index (χ0n) is 19.9. The topological polar surface area (TPSA) is 70.6 Å². The Morgan fingerprint density at radius 2 is 1.79 bits per heavy atom. The van der Waals surface area contributed by atoms with Crippen molar-refractivity contribution in [3.8, 4) is 0 Å². The van der Waals surface area contributed by atoms with Gasteiger partial charge in [-0.05, 0) is 43.2 Å². The van der Waals surface area contributed by atoms with Gasteiger partial charge in [0, 0.05) is 36.8 Å². The van der Waals surface area contributed by atoms with E-state index in [2.05, 4.69) is 4.98 Å². The highest BCUT2D eigenvalue weighted by Crippen LogP contribution is 2.28. The molecule has 7 heteroatoms. The van der Waals surface area contributed by atoms with Crippen LogP contribution in [0.3, 0.4) is 0 Å². The van der Waals surface area contributed by atoms with Gasteiger partial charge in [0.15, 0.2) is 0 Å². The number of benzene rings is 2. The number of rotatable bonds is 8. The van der Waals surface area contributed by atoms with Gasteiger partial charge in [0.05, 0.1) is 5.75 Å². The van der Waals surface area contributed by atoms with Gasteiger partial charge in [0.25, 0.3) is 5.91 Å². The van der Waals surface area contributed by atoms with Crippen LogP contribution in [0.2, 0.25) is 0 Å². The molecule has 2 aromatic carbocycles. The second-order valence-electron chi connectivity index (χ2n) is 9.14. The van der Waals surface area contributed by atoms with Crippen molar-refractivity contribution in [2.24, 2.45) is 0 Å². The second kappa shape index (κ2) is 10.7. The Bertz CT molecular complexity index is 1230. The van der Waals surface area contributed by atoms with Crippen LogP contribution in [0, 0.1) is 0 Å². The van der Waals surface area contributed by atoms with Crippen molar-refractivity contribution in [2.75, 3.05) is 12.3 Å². The fourth-order valence-corrected chi connectivity index (χ4v) is 6.67. The lowest BCUT2D eigenvalue weighted by Crippen LogP contribution is -2.52. The molecule has 1 amide bonds. The van der Waals surface area contributed by atoms with Crippen molar-refractivity contribution in [3.63, 3.8) is 0 Å². The van der Waals surface area contributed by atoms with Crippen molar-refractivity contribution in [3.05, 3.63) is 78.1 Å². The minimum atomic E-state index is -3.28. The molecule has 0 radical (unpaired) electrons. The summed E-state index contributed by atoms with van der Waals surface area (Å²) in [4.78, 5) is 20.1. The largest absolute Gasteiger partial charge is 0.330 e. The van der Waals surface area contributed by atoms with Gasteiger partial charge in [-0.3, -0.25) is 9.78 Å². The molecule has 2 atom stereocenters. The van der Waals surface area contributed by atoms with Gasteiger partial charge in [-0.2, -0.15) is 4.31 Å². The molecule has 180 valence electrons. The third kappa shape index (κ3) is 5.47. The van der Waals surface area contributed by atoms with Crippen LogP contribution in [0.15, 0.2) is 66.9 Å². The molecule has 0 spiro atoms. The van der Waals surface area contributed by atoms with E-state index in [9.17, 15) is 13.2 Å². The Labute approximate surface area is 202 Å². The molecule has 1 aliphatic rings. The number of pyridine rings is 1. The van der Waals surface area contributed by atoms with Crippen LogP contribution in [0.4, 0.5) is 0 Å². The molecule has 2 unspecified atom stereocenters. The zero-order valence-corrected chi connectivity index (χ0v) is 20.7. The first kappa shape index (κ1) is 24.4. The standard InChI is InChI=1S/C27H33N3O3S/c1-3-4-16-34(32,33)30-15-14-25(17-21(30)2)29(20-22-10-6-5-7-11-22)27(31)26-18-23-12-8-9-13-24(23)19-28-26/h5-13,18-19,21,25H,3-4,14-17,20H2,1-2H3. The van der Waals surface area contributed by atoms with Gasteiger partial charge >= 0.3 is 0 Å². The SMILES string of the molecule is CCCCS(=O)(=O)N1CCC(N(Cc2ccccc2)C(=O)c2cc3ccccc3cn2)CC1C. The third-order valence-electron chi connectivity index (χ3n) is 6.65. The maximum absolute atomic E-state index is 13.8. The summed E-state index contributed by atoms with van der Waals surface area (Å²) in [5.74, 6) is 0.0701. The molecule has 0 bridgehead atoms. The molecule has 1 aromatic heterocycles. The molecule has 6 nitrogen and oxygen atoms in total. The summed E-state index contributed by atoms with van der Waals surface area (Å²) < 4.78 is 27.3. The van der Waals surface area contributed by atoms with Crippen molar-refractivity contribution < 1.29 is 13.2 Å². The van der Waals surface area contributed by atoms with Crippen LogP contribution in [-0.2, 0) is 16.6 Å². The Morgan fingerprint density at radius 3 is 2.50 bits per heavy atom.